The number of hydrogen-bond acceptors (Lipinski definition) is 4. The number of fused-ring (bicyclic) bond motifs is 1. The maximum atomic E-state index is 6.38. The standard InChI is InChI=1S/C17H16ClN3O/c1-21(2)17-7-4-11(10-19-17)15-9-14(18)13-6-5-12(22-3)8-16(13)20-15/h4-10H,1-3H3. The van der Waals surface area contributed by atoms with Gasteiger partial charge in [-0.05, 0) is 30.3 Å². The molecule has 0 spiro atoms. The zero-order chi connectivity index (χ0) is 15.7. The first kappa shape index (κ1) is 14.6. The van der Waals surface area contributed by atoms with Crippen LogP contribution in [0.4, 0.5) is 5.82 Å². The van der Waals surface area contributed by atoms with Crippen molar-refractivity contribution in [3.05, 3.63) is 47.6 Å². The molecular weight excluding hydrogens is 298 g/mol. The van der Waals surface area contributed by atoms with Crippen LogP contribution in [0.3, 0.4) is 0 Å². The van der Waals surface area contributed by atoms with Crippen molar-refractivity contribution in [1.82, 2.24) is 9.97 Å². The molecule has 0 saturated heterocycles. The lowest BCUT2D eigenvalue weighted by molar-refractivity contribution is 0.415. The molecule has 22 heavy (non-hydrogen) atoms. The summed E-state index contributed by atoms with van der Waals surface area (Å²) >= 11 is 6.38. The van der Waals surface area contributed by atoms with Crippen LogP contribution < -0.4 is 9.64 Å². The Labute approximate surface area is 134 Å². The van der Waals surface area contributed by atoms with Crippen molar-refractivity contribution < 1.29 is 4.74 Å². The number of benzene rings is 1. The fraction of sp³-hybridized carbons (Fsp3) is 0.176. The molecule has 0 saturated carbocycles. The normalized spacial score (nSPS) is 10.7. The van der Waals surface area contributed by atoms with Crippen LogP contribution in [0.15, 0.2) is 42.6 Å². The van der Waals surface area contributed by atoms with E-state index in [9.17, 15) is 0 Å². The lowest BCUT2D eigenvalue weighted by Crippen LogP contribution is -2.10. The highest BCUT2D eigenvalue weighted by Crippen LogP contribution is 2.30. The molecule has 0 amide bonds. The largest absolute Gasteiger partial charge is 0.497 e. The maximum absolute atomic E-state index is 6.38. The zero-order valence-electron chi connectivity index (χ0n) is 12.7. The van der Waals surface area contributed by atoms with E-state index in [0.717, 1.165) is 33.7 Å². The van der Waals surface area contributed by atoms with E-state index in [-0.39, 0.29) is 0 Å². The molecule has 3 aromatic rings. The van der Waals surface area contributed by atoms with Gasteiger partial charge in [-0.25, -0.2) is 9.97 Å². The molecule has 0 unspecified atom stereocenters. The number of methoxy groups -OCH3 is 1. The van der Waals surface area contributed by atoms with Gasteiger partial charge in [-0.1, -0.05) is 11.6 Å². The van der Waals surface area contributed by atoms with Crippen LogP contribution in [0.25, 0.3) is 22.2 Å². The van der Waals surface area contributed by atoms with Crippen molar-refractivity contribution in [3.63, 3.8) is 0 Å². The molecule has 0 aliphatic carbocycles. The second-order valence-electron chi connectivity index (χ2n) is 5.17. The van der Waals surface area contributed by atoms with Crippen LogP contribution >= 0.6 is 11.6 Å². The van der Waals surface area contributed by atoms with Crippen molar-refractivity contribution in [3.8, 4) is 17.0 Å². The summed E-state index contributed by atoms with van der Waals surface area (Å²) in [5.74, 6) is 1.66. The Balaban J connectivity index is 2.10. The third-order valence-corrected chi connectivity index (χ3v) is 3.78. The molecule has 0 N–H and O–H groups in total. The van der Waals surface area contributed by atoms with E-state index < -0.39 is 0 Å². The van der Waals surface area contributed by atoms with E-state index in [2.05, 4.69) is 9.97 Å². The molecule has 2 heterocycles. The van der Waals surface area contributed by atoms with Gasteiger partial charge in [0.1, 0.15) is 11.6 Å². The van der Waals surface area contributed by atoms with E-state index >= 15 is 0 Å². The van der Waals surface area contributed by atoms with Gasteiger partial charge in [0.2, 0.25) is 0 Å². The summed E-state index contributed by atoms with van der Waals surface area (Å²) in [6.45, 7) is 0. The lowest BCUT2D eigenvalue weighted by Gasteiger charge is -2.11. The minimum atomic E-state index is 0.666. The number of anilines is 1. The highest BCUT2D eigenvalue weighted by Gasteiger charge is 2.08. The van der Waals surface area contributed by atoms with E-state index in [1.54, 1.807) is 13.3 Å². The quantitative estimate of drug-likeness (QED) is 0.732. The fourth-order valence-electron chi connectivity index (χ4n) is 2.24. The minimum absolute atomic E-state index is 0.666. The van der Waals surface area contributed by atoms with E-state index in [4.69, 9.17) is 16.3 Å². The fourth-order valence-corrected chi connectivity index (χ4v) is 2.51. The van der Waals surface area contributed by atoms with Gasteiger partial charge in [0, 0.05) is 37.3 Å². The van der Waals surface area contributed by atoms with Crippen molar-refractivity contribution >= 4 is 28.3 Å². The Bertz CT molecular complexity index is 816. The number of hydrogen-bond donors (Lipinski definition) is 0. The molecular formula is C17H16ClN3O. The van der Waals surface area contributed by atoms with Crippen LogP contribution in [0.2, 0.25) is 5.02 Å². The van der Waals surface area contributed by atoms with Crippen LogP contribution in [-0.2, 0) is 0 Å². The third kappa shape index (κ3) is 2.70. The van der Waals surface area contributed by atoms with Gasteiger partial charge in [-0.15, -0.1) is 0 Å². The average molecular weight is 314 g/mol. The topological polar surface area (TPSA) is 38.2 Å². The highest BCUT2D eigenvalue weighted by atomic mass is 35.5. The second kappa shape index (κ2) is 5.81. The first-order chi connectivity index (χ1) is 10.6. The first-order valence-corrected chi connectivity index (χ1v) is 7.24. The number of aromatic nitrogens is 2. The van der Waals surface area contributed by atoms with Gasteiger partial charge in [-0.3, -0.25) is 0 Å². The molecule has 112 valence electrons. The molecule has 0 fully saturated rings. The molecule has 2 aromatic heterocycles. The summed E-state index contributed by atoms with van der Waals surface area (Å²) in [5.41, 5.74) is 2.53. The number of pyridine rings is 2. The molecule has 0 aliphatic rings. The lowest BCUT2D eigenvalue weighted by atomic mass is 10.1. The Kier molecular flexibility index (Phi) is 3.86. The molecule has 0 aliphatic heterocycles. The Morgan fingerprint density at radius 2 is 1.91 bits per heavy atom. The SMILES string of the molecule is COc1ccc2c(Cl)cc(-c3ccc(N(C)C)nc3)nc2c1. The van der Waals surface area contributed by atoms with Gasteiger partial charge in [0.25, 0.3) is 0 Å². The third-order valence-electron chi connectivity index (χ3n) is 3.47. The molecule has 0 radical (unpaired) electrons. The summed E-state index contributed by atoms with van der Waals surface area (Å²) in [7, 11) is 5.55. The summed E-state index contributed by atoms with van der Waals surface area (Å²) in [5, 5.41) is 1.57. The van der Waals surface area contributed by atoms with Gasteiger partial charge in [0.05, 0.1) is 23.3 Å². The van der Waals surface area contributed by atoms with Crippen molar-refractivity contribution in [1.29, 1.82) is 0 Å². The molecule has 0 bridgehead atoms. The predicted molar refractivity (Wildman–Crippen MR) is 90.9 cm³/mol. The summed E-state index contributed by atoms with van der Waals surface area (Å²) in [6, 6.07) is 11.5. The highest BCUT2D eigenvalue weighted by molar-refractivity contribution is 6.35. The van der Waals surface area contributed by atoms with Gasteiger partial charge in [-0.2, -0.15) is 0 Å². The van der Waals surface area contributed by atoms with Crippen LogP contribution in [0.5, 0.6) is 5.75 Å². The summed E-state index contributed by atoms with van der Waals surface area (Å²) < 4.78 is 5.25. The molecule has 3 rings (SSSR count). The van der Waals surface area contributed by atoms with Gasteiger partial charge in [0.15, 0.2) is 0 Å². The smallest absolute Gasteiger partial charge is 0.127 e. The van der Waals surface area contributed by atoms with Crippen LogP contribution in [0.1, 0.15) is 0 Å². The van der Waals surface area contributed by atoms with Crippen LogP contribution in [-0.4, -0.2) is 31.2 Å². The minimum Gasteiger partial charge on any atom is -0.497 e. The number of ether oxygens (including phenoxy) is 1. The molecule has 1 aromatic carbocycles. The van der Waals surface area contributed by atoms with Gasteiger partial charge >= 0.3 is 0 Å². The second-order valence-corrected chi connectivity index (χ2v) is 5.58. The number of nitrogens with zero attached hydrogens (tertiary/aromatic N) is 3. The van der Waals surface area contributed by atoms with Crippen molar-refractivity contribution in [2.24, 2.45) is 0 Å². The predicted octanol–water partition coefficient (Wildman–Crippen LogP) is 4.02. The molecule has 4 nitrogen and oxygen atoms in total. The van der Waals surface area contributed by atoms with E-state index in [1.807, 2.05) is 55.4 Å². The Morgan fingerprint density at radius 3 is 2.55 bits per heavy atom. The zero-order valence-corrected chi connectivity index (χ0v) is 13.4. The van der Waals surface area contributed by atoms with E-state index in [0.29, 0.717) is 5.02 Å². The number of rotatable bonds is 3. The first-order valence-electron chi connectivity index (χ1n) is 6.86. The van der Waals surface area contributed by atoms with Crippen molar-refractivity contribution in [2.75, 3.05) is 26.1 Å². The summed E-state index contributed by atoms with van der Waals surface area (Å²) in [6.07, 6.45) is 1.81. The molecule has 0 atom stereocenters. The summed E-state index contributed by atoms with van der Waals surface area (Å²) in [4.78, 5) is 11.0. The monoisotopic (exact) mass is 313 g/mol. The average Bonchev–Trinajstić information content (AvgIpc) is 2.54. The number of halogens is 1. The Morgan fingerprint density at radius 1 is 1.09 bits per heavy atom. The van der Waals surface area contributed by atoms with Gasteiger partial charge < -0.3 is 9.64 Å². The maximum Gasteiger partial charge on any atom is 0.127 e. The van der Waals surface area contributed by atoms with Crippen molar-refractivity contribution in [2.45, 2.75) is 0 Å². The molecule has 5 heteroatoms. The Hall–Kier alpha value is -2.33. The van der Waals surface area contributed by atoms with Crippen LogP contribution in [0, 0.1) is 0 Å². The van der Waals surface area contributed by atoms with E-state index in [1.165, 1.54) is 0 Å².